The van der Waals surface area contributed by atoms with E-state index in [-0.39, 0.29) is 28.1 Å². The molecule has 1 amide bonds. The van der Waals surface area contributed by atoms with Crippen LogP contribution in [-0.2, 0) is 14.3 Å². The average Bonchev–Trinajstić information content (AvgIpc) is 3.18. The van der Waals surface area contributed by atoms with Crippen LogP contribution in [0.1, 0.15) is 27.5 Å². The van der Waals surface area contributed by atoms with Crippen molar-refractivity contribution in [3.63, 3.8) is 0 Å². The number of ether oxygens (including phenoxy) is 1. The Morgan fingerprint density at radius 1 is 1.00 bits per heavy atom. The highest BCUT2D eigenvalue weighted by Gasteiger charge is 2.47. The summed E-state index contributed by atoms with van der Waals surface area (Å²) in [5.74, 6) is -2.91. The van der Waals surface area contributed by atoms with Crippen LogP contribution < -0.4 is 9.80 Å². The molecule has 1 N–H and O–H groups in total. The summed E-state index contributed by atoms with van der Waals surface area (Å²) in [6, 6.07) is 17.2. The minimum absolute atomic E-state index is 0.141. The lowest BCUT2D eigenvalue weighted by molar-refractivity contribution is -0.384. The van der Waals surface area contributed by atoms with E-state index in [0.717, 1.165) is 5.69 Å². The summed E-state index contributed by atoms with van der Waals surface area (Å²) >= 11 is 0. The first kappa shape index (κ1) is 25.1. The Morgan fingerprint density at radius 3 is 2.22 bits per heavy atom. The van der Waals surface area contributed by atoms with E-state index >= 15 is 0 Å². The molecule has 0 aliphatic carbocycles. The molecule has 1 saturated heterocycles. The fourth-order valence-electron chi connectivity index (χ4n) is 4.17. The highest BCUT2D eigenvalue weighted by Crippen LogP contribution is 2.42. The number of esters is 1. The number of hydrogen-bond acceptors (Lipinski definition) is 8. The van der Waals surface area contributed by atoms with Crippen molar-refractivity contribution >= 4 is 40.5 Å². The normalized spacial score (nSPS) is 16.5. The molecule has 0 saturated carbocycles. The third kappa shape index (κ3) is 4.64. The molecule has 1 aliphatic heterocycles. The second-order valence-corrected chi connectivity index (χ2v) is 8.50. The van der Waals surface area contributed by atoms with Gasteiger partial charge in [0.05, 0.1) is 29.2 Å². The van der Waals surface area contributed by atoms with Crippen molar-refractivity contribution in [2.75, 3.05) is 31.0 Å². The number of nitro groups is 1. The second-order valence-electron chi connectivity index (χ2n) is 8.50. The predicted octanol–water partition coefficient (Wildman–Crippen LogP) is 4.07. The maximum absolute atomic E-state index is 13.3. The van der Waals surface area contributed by atoms with Crippen LogP contribution in [-0.4, -0.2) is 48.9 Å². The molecular formula is C27H23N3O7. The molecule has 4 rings (SSSR count). The first-order chi connectivity index (χ1) is 17.6. The number of anilines is 2. The molecule has 0 bridgehead atoms. The topological polar surface area (TPSA) is 130 Å². The van der Waals surface area contributed by atoms with E-state index < -0.39 is 34.4 Å². The van der Waals surface area contributed by atoms with Crippen LogP contribution in [0.5, 0.6) is 0 Å². The summed E-state index contributed by atoms with van der Waals surface area (Å²) < 4.78 is 4.78. The number of carbonyl (C=O) groups is 3. The third-order valence-corrected chi connectivity index (χ3v) is 6.07. The number of nitro benzene ring substituents is 1. The van der Waals surface area contributed by atoms with Gasteiger partial charge in [0.1, 0.15) is 5.76 Å². The van der Waals surface area contributed by atoms with Crippen molar-refractivity contribution in [3.8, 4) is 0 Å². The zero-order chi connectivity index (χ0) is 26.9. The Labute approximate surface area is 212 Å². The fraction of sp³-hybridized carbons (Fsp3) is 0.148. The molecule has 1 unspecified atom stereocenters. The van der Waals surface area contributed by atoms with E-state index in [1.807, 2.05) is 31.1 Å². The van der Waals surface area contributed by atoms with Gasteiger partial charge >= 0.3 is 5.97 Å². The summed E-state index contributed by atoms with van der Waals surface area (Å²) in [4.78, 5) is 52.3. The van der Waals surface area contributed by atoms with E-state index in [2.05, 4.69) is 0 Å². The first-order valence-electron chi connectivity index (χ1n) is 11.2. The number of non-ortho nitro benzene ring substituents is 1. The molecule has 1 heterocycles. The molecule has 1 fully saturated rings. The standard InChI is InChI=1S/C27H23N3O7/c1-28(2)19-11-7-16(8-12-19)23-22(24(31)17-9-13-20(14-10-17)30(35)36)25(32)26(33)29(23)21-6-4-5-18(15-21)27(34)37-3/h4-15,23,31H,1-3H3/b24-22+. The van der Waals surface area contributed by atoms with E-state index in [1.54, 1.807) is 24.3 Å². The molecule has 0 aromatic heterocycles. The van der Waals surface area contributed by atoms with Crippen molar-refractivity contribution in [1.82, 2.24) is 0 Å². The number of amides is 1. The molecule has 10 heteroatoms. The summed E-state index contributed by atoms with van der Waals surface area (Å²) in [6.45, 7) is 0. The molecule has 0 radical (unpaired) electrons. The molecule has 0 spiro atoms. The molecule has 37 heavy (non-hydrogen) atoms. The van der Waals surface area contributed by atoms with Gasteiger partial charge in [-0.3, -0.25) is 24.6 Å². The lowest BCUT2D eigenvalue weighted by Crippen LogP contribution is -2.29. The van der Waals surface area contributed by atoms with Gasteiger partial charge in [-0.25, -0.2) is 4.79 Å². The number of methoxy groups -OCH3 is 1. The zero-order valence-corrected chi connectivity index (χ0v) is 20.2. The number of benzene rings is 3. The van der Waals surface area contributed by atoms with Crippen LogP contribution in [0, 0.1) is 10.1 Å². The highest BCUT2D eigenvalue weighted by atomic mass is 16.6. The second kappa shape index (κ2) is 9.94. The molecule has 3 aromatic carbocycles. The number of nitrogens with zero attached hydrogens (tertiary/aromatic N) is 3. The zero-order valence-electron chi connectivity index (χ0n) is 20.2. The smallest absolute Gasteiger partial charge is 0.337 e. The van der Waals surface area contributed by atoms with Crippen LogP contribution in [0.2, 0.25) is 0 Å². The molecule has 10 nitrogen and oxygen atoms in total. The number of aliphatic hydroxyl groups is 1. The largest absolute Gasteiger partial charge is 0.507 e. The summed E-state index contributed by atoms with van der Waals surface area (Å²) in [6.07, 6.45) is 0. The van der Waals surface area contributed by atoms with Crippen molar-refractivity contribution in [2.45, 2.75) is 6.04 Å². The number of Topliss-reactive ketones (excluding diaryl/α,β-unsaturated/α-hetero) is 1. The Balaban J connectivity index is 1.91. The van der Waals surface area contributed by atoms with Crippen LogP contribution in [0.3, 0.4) is 0 Å². The maximum atomic E-state index is 13.3. The highest BCUT2D eigenvalue weighted by molar-refractivity contribution is 6.51. The Morgan fingerprint density at radius 2 is 1.65 bits per heavy atom. The number of rotatable bonds is 6. The van der Waals surface area contributed by atoms with Gasteiger partial charge in [0, 0.05) is 43.2 Å². The van der Waals surface area contributed by atoms with Crippen LogP contribution in [0.4, 0.5) is 17.1 Å². The van der Waals surface area contributed by atoms with E-state index in [9.17, 15) is 29.6 Å². The van der Waals surface area contributed by atoms with Gasteiger partial charge in [-0.05, 0) is 48.0 Å². The van der Waals surface area contributed by atoms with Crippen LogP contribution >= 0.6 is 0 Å². The van der Waals surface area contributed by atoms with Crippen molar-refractivity contribution in [1.29, 1.82) is 0 Å². The lowest BCUT2D eigenvalue weighted by Gasteiger charge is -2.26. The summed E-state index contributed by atoms with van der Waals surface area (Å²) in [7, 11) is 4.97. The molecule has 1 atom stereocenters. The van der Waals surface area contributed by atoms with E-state index in [1.165, 1.54) is 48.4 Å². The molecule has 188 valence electrons. The van der Waals surface area contributed by atoms with Crippen LogP contribution in [0.25, 0.3) is 5.76 Å². The van der Waals surface area contributed by atoms with Crippen molar-refractivity contribution < 1.29 is 29.2 Å². The summed E-state index contributed by atoms with van der Waals surface area (Å²) in [5.41, 5.74) is 1.63. The maximum Gasteiger partial charge on any atom is 0.337 e. The number of carbonyl (C=O) groups excluding carboxylic acids is 3. The van der Waals surface area contributed by atoms with E-state index in [4.69, 9.17) is 4.74 Å². The Bertz CT molecular complexity index is 1430. The van der Waals surface area contributed by atoms with Crippen molar-refractivity contribution in [3.05, 3.63) is 105 Å². The van der Waals surface area contributed by atoms with Crippen molar-refractivity contribution in [2.24, 2.45) is 0 Å². The number of ketones is 1. The van der Waals surface area contributed by atoms with Gasteiger partial charge in [0.25, 0.3) is 17.4 Å². The van der Waals surface area contributed by atoms with Gasteiger partial charge in [0.2, 0.25) is 0 Å². The SMILES string of the molecule is COC(=O)c1cccc(N2C(=O)C(=O)/C(=C(/O)c3ccc([N+](=O)[O-])cc3)C2c2ccc(N(C)C)cc2)c1. The van der Waals surface area contributed by atoms with Gasteiger partial charge < -0.3 is 14.7 Å². The number of aliphatic hydroxyl groups excluding tert-OH is 1. The first-order valence-corrected chi connectivity index (χ1v) is 11.2. The van der Waals surface area contributed by atoms with E-state index in [0.29, 0.717) is 5.56 Å². The molecular weight excluding hydrogens is 478 g/mol. The van der Waals surface area contributed by atoms with Crippen LogP contribution in [0.15, 0.2) is 78.4 Å². The molecule has 3 aromatic rings. The minimum atomic E-state index is -1.03. The van der Waals surface area contributed by atoms with Gasteiger partial charge in [-0.2, -0.15) is 0 Å². The third-order valence-electron chi connectivity index (χ3n) is 6.07. The Kier molecular flexibility index (Phi) is 6.75. The monoisotopic (exact) mass is 501 g/mol. The minimum Gasteiger partial charge on any atom is -0.507 e. The quantitative estimate of drug-likeness (QED) is 0.134. The van der Waals surface area contributed by atoms with Gasteiger partial charge in [-0.1, -0.05) is 18.2 Å². The Hall–Kier alpha value is -4.99. The average molecular weight is 501 g/mol. The lowest BCUT2D eigenvalue weighted by atomic mass is 9.94. The summed E-state index contributed by atoms with van der Waals surface area (Å²) in [5, 5.41) is 22.2. The number of hydrogen-bond donors (Lipinski definition) is 1. The fourth-order valence-corrected chi connectivity index (χ4v) is 4.17. The van der Waals surface area contributed by atoms with Gasteiger partial charge in [-0.15, -0.1) is 0 Å². The molecule has 1 aliphatic rings. The van der Waals surface area contributed by atoms with Gasteiger partial charge in [0.15, 0.2) is 0 Å². The predicted molar refractivity (Wildman–Crippen MR) is 136 cm³/mol.